The van der Waals surface area contributed by atoms with E-state index in [0.717, 1.165) is 37.5 Å². The summed E-state index contributed by atoms with van der Waals surface area (Å²) < 4.78 is 0. The summed E-state index contributed by atoms with van der Waals surface area (Å²) in [6, 6.07) is 8.79. The number of carboxylic acids is 1. The minimum Gasteiger partial charge on any atom is -0.480 e. The minimum atomic E-state index is -0.806. The normalized spacial score (nSPS) is 18.9. The first kappa shape index (κ1) is 15.0. The van der Waals surface area contributed by atoms with Crippen molar-refractivity contribution >= 4 is 5.97 Å². The molecule has 1 atom stereocenters. The number of nitrogens with one attached hydrogen (secondary N) is 1. The SMILES string of the molecule is CN1CCC(CCNC(C(=O)O)c2ccccc2)CC1. The van der Waals surface area contributed by atoms with Gasteiger partial charge in [0.2, 0.25) is 0 Å². The van der Waals surface area contributed by atoms with Crippen LogP contribution in [0.25, 0.3) is 0 Å². The Hall–Kier alpha value is -1.39. The van der Waals surface area contributed by atoms with Gasteiger partial charge in [-0.2, -0.15) is 0 Å². The van der Waals surface area contributed by atoms with Crippen LogP contribution in [0.3, 0.4) is 0 Å². The van der Waals surface area contributed by atoms with Crippen molar-refractivity contribution in [2.45, 2.75) is 25.3 Å². The molecule has 0 spiro atoms. The minimum absolute atomic E-state index is 0.595. The quantitative estimate of drug-likeness (QED) is 0.836. The molecule has 1 aliphatic rings. The zero-order valence-electron chi connectivity index (χ0n) is 12.1. The number of likely N-dealkylation sites (tertiary alicyclic amines) is 1. The predicted molar refractivity (Wildman–Crippen MR) is 79.7 cm³/mol. The molecule has 0 aliphatic carbocycles. The number of aliphatic carboxylic acids is 1. The molecule has 4 heteroatoms. The Kier molecular flexibility index (Phi) is 5.56. The van der Waals surface area contributed by atoms with Crippen molar-refractivity contribution in [2.75, 3.05) is 26.7 Å². The van der Waals surface area contributed by atoms with Gasteiger partial charge < -0.3 is 15.3 Å². The summed E-state index contributed by atoms with van der Waals surface area (Å²) in [5.41, 5.74) is 0.823. The van der Waals surface area contributed by atoms with Crippen LogP contribution in [-0.4, -0.2) is 42.7 Å². The van der Waals surface area contributed by atoms with Gasteiger partial charge in [-0.3, -0.25) is 4.79 Å². The van der Waals surface area contributed by atoms with Crippen LogP contribution >= 0.6 is 0 Å². The average molecular weight is 276 g/mol. The topological polar surface area (TPSA) is 52.6 Å². The highest BCUT2D eigenvalue weighted by molar-refractivity contribution is 5.75. The van der Waals surface area contributed by atoms with Crippen LogP contribution in [0, 0.1) is 5.92 Å². The lowest BCUT2D eigenvalue weighted by atomic mass is 9.93. The Balaban J connectivity index is 1.80. The number of hydrogen-bond acceptors (Lipinski definition) is 3. The number of hydrogen-bond donors (Lipinski definition) is 2. The van der Waals surface area contributed by atoms with Gasteiger partial charge in [-0.1, -0.05) is 30.3 Å². The largest absolute Gasteiger partial charge is 0.480 e. The molecule has 2 rings (SSSR count). The summed E-state index contributed by atoms with van der Waals surface area (Å²) in [4.78, 5) is 13.7. The second-order valence-electron chi connectivity index (χ2n) is 5.67. The van der Waals surface area contributed by atoms with Crippen molar-refractivity contribution in [3.8, 4) is 0 Å². The number of carbonyl (C=O) groups is 1. The van der Waals surface area contributed by atoms with E-state index in [1.807, 2.05) is 30.3 Å². The van der Waals surface area contributed by atoms with E-state index in [9.17, 15) is 9.90 Å². The van der Waals surface area contributed by atoms with Crippen LogP contribution in [0.1, 0.15) is 30.9 Å². The lowest BCUT2D eigenvalue weighted by Crippen LogP contribution is -2.33. The molecular weight excluding hydrogens is 252 g/mol. The summed E-state index contributed by atoms with van der Waals surface area (Å²) in [6.07, 6.45) is 3.51. The van der Waals surface area contributed by atoms with Crippen molar-refractivity contribution in [1.82, 2.24) is 10.2 Å². The highest BCUT2D eigenvalue weighted by Crippen LogP contribution is 2.20. The Morgan fingerprint density at radius 3 is 2.60 bits per heavy atom. The summed E-state index contributed by atoms with van der Waals surface area (Å²) in [6.45, 7) is 3.08. The number of piperidine rings is 1. The Morgan fingerprint density at radius 2 is 2.00 bits per heavy atom. The standard InChI is InChI=1S/C16H24N2O2/c1-18-11-8-13(9-12-18)7-10-17-15(16(19)20)14-5-3-2-4-6-14/h2-6,13,15,17H,7-12H2,1H3,(H,19,20). The molecule has 0 saturated carbocycles. The van der Waals surface area contributed by atoms with Crippen LogP contribution in [0.4, 0.5) is 0 Å². The maximum atomic E-state index is 11.4. The molecule has 1 unspecified atom stereocenters. The number of benzene rings is 1. The van der Waals surface area contributed by atoms with Gasteiger partial charge in [-0.25, -0.2) is 0 Å². The fourth-order valence-electron chi connectivity index (χ4n) is 2.78. The first-order valence-electron chi connectivity index (χ1n) is 7.36. The highest BCUT2D eigenvalue weighted by atomic mass is 16.4. The van der Waals surface area contributed by atoms with Crippen molar-refractivity contribution in [2.24, 2.45) is 5.92 Å². The summed E-state index contributed by atoms with van der Waals surface area (Å²) in [5.74, 6) is -0.0801. The lowest BCUT2D eigenvalue weighted by molar-refractivity contribution is -0.139. The molecule has 0 aromatic heterocycles. The molecule has 1 heterocycles. The van der Waals surface area contributed by atoms with Gasteiger partial charge in [0.25, 0.3) is 0 Å². The zero-order valence-corrected chi connectivity index (χ0v) is 12.1. The molecule has 1 fully saturated rings. The first-order chi connectivity index (χ1) is 9.66. The summed E-state index contributed by atoms with van der Waals surface area (Å²) >= 11 is 0. The molecule has 4 nitrogen and oxygen atoms in total. The second-order valence-corrected chi connectivity index (χ2v) is 5.67. The van der Waals surface area contributed by atoms with Crippen LogP contribution in [0.2, 0.25) is 0 Å². The molecule has 1 aromatic carbocycles. The molecule has 0 radical (unpaired) electrons. The van der Waals surface area contributed by atoms with E-state index in [1.54, 1.807) is 0 Å². The lowest BCUT2D eigenvalue weighted by Gasteiger charge is -2.29. The van der Waals surface area contributed by atoms with E-state index in [2.05, 4.69) is 17.3 Å². The van der Waals surface area contributed by atoms with Crippen molar-refractivity contribution in [3.05, 3.63) is 35.9 Å². The fraction of sp³-hybridized carbons (Fsp3) is 0.562. The Morgan fingerprint density at radius 1 is 1.35 bits per heavy atom. The Bertz CT molecular complexity index is 414. The van der Waals surface area contributed by atoms with Crippen LogP contribution in [0.5, 0.6) is 0 Å². The van der Waals surface area contributed by atoms with Crippen molar-refractivity contribution < 1.29 is 9.90 Å². The van der Waals surface area contributed by atoms with Gasteiger partial charge in [0, 0.05) is 0 Å². The highest BCUT2D eigenvalue weighted by Gasteiger charge is 2.20. The third kappa shape index (κ3) is 4.32. The van der Waals surface area contributed by atoms with Crippen LogP contribution in [0.15, 0.2) is 30.3 Å². The Labute approximate surface area is 120 Å². The molecule has 110 valence electrons. The van der Waals surface area contributed by atoms with Gasteiger partial charge in [0.1, 0.15) is 6.04 Å². The molecule has 1 aromatic rings. The smallest absolute Gasteiger partial charge is 0.325 e. The molecule has 2 N–H and O–H groups in total. The first-order valence-corrected chi connectivity index (χ1v) is 7.36. The molecule has 0 amide bonds. The second kappa shape index (κ2) is 7.41. The van der Waals surface area contributed by atoms with Crippen LogP contribution < -0.4 is 5.32 Å². The predicted octanol–water partition coefficient (Wildman–Crippen LogP) is 2.13. The van der Waals surface area contributed by atoms with Gasteiger partial charge in [0.05, 0.1) is 0 Å². The van der Waals surface area contributed by atoms with Crippen LogP contribution in [-0.2, 0) is 4.79 Å². The van der Waals surface area contributed by atoms with Crippen molar-refractivity contribution in [1.29, 1.82) is 0 Å². The van der Waals surface area contributed by atoms with E-state index in [0.29, 0.717) is 0 Å². The maximum absolute atomic E-state index is 11.4. The van der Waals surface area contributed by atoms with Gasteiger partial charge >= 0.3 is 5.97 Å². The molecule has 0 bridgehead atoms. The number of carboxylic acid groups (broad SMARTS) is 1. The third-order valence-electron chi connectivity index (χ3n) is 4.12. The molecule has 1 saturated heterocycles. The van der Waals surface area contributed by atoms with Crippen molar-refractivity contribution in [3.63, 3.8) is 0 Å². The van der Waals surface area contributed by atoms with Gasteiger partial charge in [-0.05, 0) is 57.4 Å². The molecule has 1 aliphatic heterocycles. The molecule has 20 heavy (non-hydrogen) atoms. The average Bonchev–Trinajstić information content (AvgIpc) is 2.46. The van der Waals surface area contributed by atoms with Gasteiger partial charge in [0.15, 0.2) is 0 Å². The van der Waals surface area contributed by atoms with E-state index in [1.165, 1.54) is 12.8 Å². The van der Waals surface area contributed by atoms with E-state index in [4.69, 9.17) is 0 Å². The van der Waals surface area contributed by atoms with E-state index in [-0.39, 0.29) is 0 Å². The monoisotopic (exact) mass is 276 g/mol. The number of nitrogens with zero attached hydrogens (tertiary/aromatic N) is 1. The zero-order chi connectivity index (χ0) is 14.4. The fourth-order valence-corrected chi connectivity index (χ4v) is 2.78. The summed E-state index contributed by atoms with van der Waals surface area (Å²) in [5, 5.41) is 12.5. The van der Waals surface area contributed by atoms with Gasteiger partial charge in [-0.15, -0.1) is 0 Å². The number of rotatable bonds is 6. The maximum Gasteiger partial charge on any atom is 0.325 e. The third-order valence-corrected chi connectivity index (χ3v) is 4.12. The van der Waals surface area contributed by atoms with E-state index >= 15 is 0 Å². The summed E-state index contributed by atoms with van der Waals surface area (Å²) in [7, 11) is 2.16. The van der Waals surface area contributed by atoms with E-state index < -0.39 is 12.0 Å². The molecular formula is C16H24N2O2.